The number of nitrogens with one attached hydrogen (secondary N) is 1. The number of carbonyl (C=O) groups is 2. The number of urea groups is 1. The van der Waals surface area contributed by atoms with Crippen LogP contribution < -0.4 is 5.32 Å². The number of nitrogens with zero attached hydrogens (tertiary/aromatic N) is 3. The number of morpholine rings is 1. The molecule has 3 heterocycles. The zero-order valence-corrected chi connectivity index (χ0v) is 16.1. The molecule has 0 aromatic heterocycles. The molecule has 1 aromatic rings. The Bertz CT molecular complexity index is 717. The summed E-state index contributed by atoms with van der Waals surface area (Å²) in [5, 5.41) is 2.99. The fourth-order valence-corrected chi connectivity index (χ4v) is 4.25. The molecule has 3 aliphatic heterocycles. The molecule has 146 valence electrons. The number of hydrogen-bond donors (Lipinski definition) is 1. The molecule has 0 saturated carbocycles. The van der Waals surface area contributed by atoms with Crippen LogP contribution in [0.2, 0.25) is 0 Å². The van der Waals surface area contributed by atoms with Crippen LogP contribution in [-0.2, 0) is 9.53 Å². The number of aryl methyl sites for hydroxylation is 1. The molecule has 7 heteroatoms. The van der Waals surface area contributed by atoms with Crippen LogP contribution in [-0.4, -0.2) is 85.2 Å². The summed E-state index contributed by atoms with van der Waals surface area (Å²) in [6.07, 6.45) is 0.468. The molecule has 1 N–H and O–H groups in total. The van der Waals surface area contributed by atoms with Gasteiger partial charge in [-0.15, -0.1) is 0 Å². The summed E-state index contributed by atoms with van der Waals surface area (Å²) >= 11 is 0. The molecule has 0 aliphatic carbocycles. The molecule has 27 heavy (non-hydrogen) atoms. The predicted octanol–water partition coefficient (Wildman–Crippen LogP) is 1.39. The van der Waals surface area contributed by atoms with Crippen molar-refractivity contribution < 1.29 is 14.3 Å². The number of anilines is 1. The molecule has 2 bridgehead atoms. The molecular weight excluding hydrogens is 344 g/mol. The third kappa shape index (κ3) is 3.80. The van der Waals surface area contributed by atoms with Crippen LogP contribution in [0, 0.1) is 12.8 Å². The van der Waals surface area contributed by atoms with Crippen molar-refractivity contribution in [2.75, 3.05) is 51.6 Å². The summed E-state index contributed by atoms with van der Waals surface area (Å²) in [7, 11) is 2.08. The minimum absolute atomic E-state index is 0.0483. The van der Waals surface area contributed by atoms with E-state index >= 15 is 0 Å². The second-order valence-corrected chi connectivity index (χ2v) is 7.92. The second kappa shape index (κ2) is 7.48. The predicted molar refractivity (Wildman–Crippen MR) is 103 cm³/mol. The van der Waals surface area contributed by atoms with Crippen molar-refractivity contribution in [3.05, 3.63) is 29.8 Å². The first-order chi connectivity index (χ1) is 13.0. The molecule has 3 amide bonds. The summed E-state index contributed by atoms with van der Waals surface area (Å²) < 4.78 is 6.02. The highest BCUT2D eigenvalue weighted by Gasteiger charge is 2.47. The number of rotatable bonds is 2. The van der Waals surface area contributed by atoms with Gasteiger partial charge in [0.2, 0.25) is 5.91 Å². The lowest BCUT2D eigenvalue weighted by atomic mass is 9.98. The standard InChI is InChI=1S/C20H28N4O3/c1-14-5-3-4-6-17(14)21-20(26)24-12-15-11-16(18(13-24)27-15)19(25)23-9-7-22(2)8-10-23/h3-6,15-16,18H,7-13H2,1-2H3,(H,21,26)/t15-,16+,18-/m0/s1. The Morgan fingerprint density at radius 3 is 2.56 bits per heavy atom. The molecule has 7 nitrogen and oxygen atoms in total. The molecule has 3 fully saturated rings. The van der Waals surface area contributed by atoms with E-state index in [9.17, 15) is 9.59 Å². The Balaban J connectivity index is 1.38. The van der Waals surface area contributed by atoms with Gasteiger partial charge in [-0.1, -0.05) is 18.2 Å². The van der Waals surface area contributed by atoms with Crippen molar-refractivity contribution in [2.24, 2.45) is 5.92 Å². The molecule has 0 unspecified atom stereocenters. The Kier molecular flexibility index (Phi) is 5.06. The molecule has 1 aromatic carbocycles. The van der Waals surface area contributed by atoms with Gasteiger partial charge in [0.05, 0.1) is 18.1 Å². The quantitative estimate of drug-likeness (QED) is 0.852. The van der Waals surface area contributed by atoms with Crippen LogP contribution in [0.3, 0.4) is 0 Å². The SMILES string of the molecule is Cc1ccccc1NC(=O)N1C[C@@H]2C[C@@H](C(=O)N3CCN(C)CC3)[C@H](C1)O2. The summed E-state index contributed by atoms with van der Waals surface area (Å²) in [4.78, 5) is 31.7. The lowest BCUT2D eigenvalue weighted by Gasteiger charge is -2.36. The van der Waals surface area contributed by atoms with Gasteiger partial charge >= 0.3 is 6.03 Å². The maximum atomic E-state index is 13.0. The molecule has 3 saturated heterocycles. The van der Waals surface area contributed by atoms with Gasteiger partial charge in [-0.2, -0.15) is 0 Å². The lowest BCUT2D eigenvalue weighted by Crippen LogP contribution is -2.52. The van der Waals surface area contributed by atoms with Crippen LogP contribution in [0.15, 0.2) is 24.3 Å². The summed E-state index contributed by atoms with van der Waals surface area (Å²) in [6, 6.07) is 7.63. The summed E-state index contributed by atoms with van der Waals surface area (Å²) in [6.45, 7) is 6.38. The normalized spacial score (nSPS) is 28.3. The molecule has 3 aliphatic rings. The van der Waals surface area contributed by atoms with Gasteiger partial charge in [0.25, 0.3) is 0 Å². The minimum Gasteiger partial charge on any atom is -0.370 e. The highest BCUT2D eigenvalue weighted by molar-refractivity contribution is 5.90. The van der Waals surface area contributed by atoms with Gasteiger partial charge in [-0.3, -0.25) is 4.79 Å². The monoisotopic (exact) mass is 372 g/mol. The first kappa shape index (κ1) is 18.3. The van der Waals surface area contributed by atoms with Crippen molar-refractivity contribution >= 4 is 17.6 Å². The fourth-order valence-electron chi connectivity index (χ4n) is 4.25. The lowest BCUT2D eigenvalue weighted by molar-refractivity contribution is -0.139. The number of benzene rings is 1. The van der Waals surface area contributed by atoms with Gasteiger partial charge in [0.1, 0.15) is 0 Å². The van der Waals surface area contributed by atoms with Gasteiger partial charge < -0.3 is 24.8 Å². The van der Waals surface area contributed by atoms with E-state index in [-0.39, 0.29) is 30.1 Å². The molecule has 0 spiro atoms. The van der Waals surface area contributed by atoms with Crippen molar-refractivity contribution in [1.82, 2.24) is 14.7 Å². The van der Waals surface area contributed by atoms with Crippen molar-refractivity contribution in [3.63, 3.8) is 0 Å². The average molecular weight is 372 g/mol. The maximum absolute atomic E-state index is 13.0. The van der Waals surface area contributed by atoms with E-state index in [1.807, 2.05) is 36.1 Å². The number of piperazine rings is 1. The van der Waals surface area contributed by atoms with E-state index in [0.29, 0.717) is 19.5 Å². The number of likely N-dealkylation sites (tertiary alicyclic amines) is 1. The summed E-state index contributed by atoms with van der Waals surface area (Å²) in [5.41, 5.74) is 1.86. The van der Waals surface area contributed by atoms with E-state index in [1.54, 1.807) is 4.90 Å². The van der Waals surface area contributed by atoms with Crippen LogP contribution in [0.4, 0.5) is 10.5 Å². The fraction of sp³-hybridized carbons (Fsp3) is 0.600. The van der Waals surface area contributed by atoms with Crippen LogP contribution in [0.5, 0.6) is 0 Å². The molecule has 0 radical (unpaired) electrons. The Morgan fingerprint density at radius 1 is 1.07 bits per heavy atom. The first-order valence-electron chi connectivity index (χ1n) is 9.75. The minimum atomic E-state index is -0.196. The number of carbonyl (C=O) groups excluding carboxylic acids is 2. The van der Waals surface area contributed by atoms with E-state index in [0.717, 1.165) is 37.4 Å². The van der Waals surface area contributed by atoms with Crippen molar-refractivity contribution in [1.29, 1.82) is 0 Å². The topological polar surface area (TPSA) is 65.1 Å². The average Bonchev–Trinajstić information content (AvgIpc) is 2.97. The number of likely N-dealkylation sites (N-methyl/N-ethyl adjacent to an activating group) is 1. The van der Waals surface area contributed by atoms with E-state index < -0.39 is 0 Å². The van der Waals surface area contributed by atoms with Gasteiger partial charge in [-0.05, 0) is 32.0 Å². The third-order valence-electron chi connectivity index (χ3n) is 5.96. The number of amides is 3. The molecule has 4 rings (SSSR count). The Morgan fingerprint density at radius 2 is 1.81 bits per heavy atom. The highest BCUT2D eigenvalue weighted by atomic mass is 16.5. The largest absolute Gasteiger partial charge is 0.370 e. The second-order valence-electron chi connectivity index (χ2n) is 7.92. The first-order valence-corrected chi connectivity index (χ1v) is 9.75. The zero-order chi connectivity index (χ0) is 19.0. The highest BCUT2D eigenvalue weighted by Crippen LogP contribution is 2.33. The van der Waals surface area contributed by atoms with Gasteiger partial charge in [-0.25, -0.2) is 4.79 Å². The van der Waals surface area contributed by atoms with Gasteiger partial charge in [0.15, 0.2) is 0 Å². The van der Waals surface area contributed by atoms with Crippen molar-refractivity contribution in [3.8, 4) is 0 Å². The number of fused-ring (bicyclic) bond motifs is 2. The van der Waals surface area contributed by atoms with Crippen molar-refractivity contribution in [2.45, 2.75) is 25.6 Å². The number of para-hydroxylation sites is 1. The third-order valence-corrected chi connectivity index (χ3v) is 5.96. The molecular formula is C20H28N4O3. The summed E-state index contributed by atoms with van der Waals surface area (Å²) in [5.74, 6) is 0.0615. The molecule has 3 atom stereocenters. The number of hydrogen-bond acceptors (Lipinski definition) is 4. The Hall–Kier alpha value is -2.12. The van der Waals surface area contributed by atoms with E-state index in [1.165, 1.54) is 0 Å². The van der Waals surface area contributed by atoms with Gasteiger partial charge in [0, 0.05) is 45.0 Å². The smallest absolute Gasteiger partial charge is 0.322 e. The zero-order valence-electron chi connectivity index (χ0n) is 16.1. The van der Waals surface area contributed by atoms with Crippen LogP contribution in [0.1, 0.15) is 12.0 Å². The van der Waals surface area contributed by atoms with Crippen LogP contribution in [0.25, 0.3) is 0 Å². The van der Waals surface area contributed by atoms with E-state index in [4.69, 9.17) is 4.74 Å². The number of ether oxygens (including phenoxy) is 1. The maximum Gasteiger partial charge on any atom is 0.322 e. The Labute approximate surface area is 160 Å². The van der Waals surface area contributed by atoms with E-state index in [2.05, 4.69) is 17.3 Å². The van der Waals surface area contributed by atoms with Crippen LogP contribution >= 0.6 is 0 Å².